The Morgan fingerprint density at radius 3 is 2.69 bits per heavy atom. The van der Waals surface area contributed by atoms with Crippen LogP contribution in [0, 0.1) is 5.82 Å². The monoisotopic (exact) mass is 355 g/mol. The lowest BCUT2D eigenvalue weighted by molar-refractivity contribution is 0.197. The van der Waals surface area contributed by atoms with E-state index in [-0.39, 0.29) is 11.7 Å². The van der Waals surface area contributed by atoms with Crippen molar-refractivity contribution >= 4 is 28.5 Å². The summed E-state index contributed by atoms with van der Waals surface area (Å²) in [6, 6.07) is 12.1. The number of aromatic nitrogens is 1. The standard InChI is InChI=1S/C20H22FN3O2/c1-3-10-24(13-26-2)16-7-5-15(6-8-16)22-12-18-17-9-4-14(21)11-19(17)23-20(18)25/h4-9,11-12,23,25H,3,10,13H2,1-2H3. The lowest BCUT2D eigenvalue weighted by Crippen LogP contribution is -2.26. The van der Waals surface area contributed by atoms with Crippen LogP contribution in [0.2, 0.25) is 0 Å². The van der Waals surface area contributed by atoms with E-state index in [1.54, 1.807) is 19.4 Å². The van der Waals surface area contributed by atoms with Crippen molar-refractivity contribution < 1.29 is 14.2 Å². The first-order valence-corrected chi connectivity index (χ1v) is 8.50. The lowest BCUT2D eigenvalue weighted by atomic mass is 10.2. The minimum atomic E-state index is -0.356. The fourth-order valence-corrected chi connectivity index (χ4v) is 2.89. The molecule has 136 valence electrons. The second-order valence-corrected chi connectivity index (χ2v) is 6.03. The first kappa shape index (κ1) is 17.9. The van der Waals surface area contributed by atoms with Crippen LogP contribution in [-0.4, -0.2) is 36.7 Å². The van der Waals surface area contributed by atoms with E-state index in [0.717, 1.165) is 29.7 Å². The second-order valence-electron chi connectivity index (χ2n) is 6.03. The van der Waals surface area contributed by atoms with Crippen LogP contribution in [0.4, 0.5) is 15.8 Å². The third-order valence-electron chi connectivity index (χ3n) is 4.12. The normalized spacial score (nSPS) is 11.5. The molecular weight excluding hydrogens is 333 g/mol. The van der Waals surface area contributed by atoms with E-state index < -0.39 is 0 Å². The summed E-state index contributed by atoms with van der Waals surface area (Å²) in [7, 11) is 1.68. The van der Waals surface area contributed by atoms with E-state index in [1.165, 1.54) is 12.1 Å². The van der Waals surface area contributed by atoms with Gasteiger partial charge in [0, 0.05) is 30.9 Å². The van der Waals surface area contributed by atoms with Crippen LogP contribution in [0.5, 0.6) is 5.88 Å². The van der Waals surface area contributed by atoms with Crippen molar-refractivity contribution in [1.82, 2.24) is 4.98 Å². The highest BCUT2D eigenvalue weighted by atomic mass is 19.1. The molecule has 1 aromatic heterocycles. The molecule has 0 unspecified atom stereocenters. The topological polar surface area (TPSA) is 60.9 Å². The van der Waals surface area contributed by atoms with Gasteiger partial charge in [-0.3, -0.25) is 4.99 Å². The van der Waals surface area contributed by atoms with Gasteiger partial charge in [0.1, 0.15) is 12.5 Å². The number of anilines is 1. The maximum Gasteiger partial charge on any atom is 0.198 e. The molecule has 6 heteroatoms. The minimum Gasteiger partial charge on any atom is -0.494 e. The van der Waals surface area contributed by atoms with Gasteiger partial charge in [-0.25, -0.2) is 4.39 Å². The zero-order chi connectivity index (χ0) is 18.5. The van der Waals surface area contributed by atoms with Crippen molar-refractivity contribution in [2.45, 2.75) is 13.3 Å². The Labute approximate surface area is 151 Å². The molecule has 2 aromatic carbocycles. The predicted octanol–water partition coefficient (Wildman–Crippen LogP) is 4.58. The van der Waals surface area contributed by atoms with Gasteiger partial charge in [-0.05, 0) is 48.9 Å². The summed E-state index contributed by atoms with van der Waals surface area (Å²) in [5.41, 5.74) is 2.90. The molecular formula is C20H22FN3O2. The highest BCUT2D eigenvalue weighted by molar-refractivity contribution is 6.02. The fourth-order valence-electron chi connectivity index (χ4n) is 2.89. The summed E-state index contributed by atoms with van der Waals surface area (Å²) in [5, 5.41) is 10.8. The number of aliphatic imine (C=N–C) groups is 1. The highest BCUT2D eigenvalue weighted by Gasteiger charge is 2.09. The molecule has 3 rings (SSSR count). The summed E-state index contributed by atoms with van der Waals surface area (Å²) >= 11 is 0. The minimum absolute atomic E-state index is 0.0276. The largest absolute Gasteiger partial charge is 0.494 e. The number of benzene rings is 2. The molecule has 0 aliphatic carbocycles. The van der Waals surface area contributed by atoms with Crippen LogP contribution >= 0.6 is 0 Å². The summed E-state index contributed by atoms with van der Waals surface area (Å²) in [4.78, 5) is 9.33. The van der Waals surface area contributed by atoms with Crippen LogP contribution in [0.3, 0.4) is 0 Å². The number of ether oxygens (including phenoxy) is 1. The molecule has 5 nitrogen and oxygen atoms in total. The Morgan fingerprint density at radius 1 is 1.23 bits per heavy atom. The molecule has 0 atom stereocenters. The Balaban J connectivity index is 1.82. The van der Waals surface area contributed by atoms with Crippen LogP contribution in [0.25, 0.3) is 10.9 Å². The Kier molecular flexibility index (Phi) is 5.53. The number of halogens is 1. The zero-order valence-corrected chi connectivity index (χ0v) is 14.9. The van der Waals surface area contributed by atoms with Crippen molar-refractivity contribution in [2.75, 3.05) is 25.3 Å². The molecule has 26 heavy (non-hydrogen) atoms. The van der Waals surface area contributed by atoms with Gasteiger partial charge in [0.25, 0.3) is 0 Å². The van der Waals surface area contributed by atoms with Gasteiger partial charge in [0.05, 0.1) is 16.8 Å². The Morgan fingerprint density at radius 2 is 2.00 bits per heavy atom. The maximum atomic E-state index is 13.3. The van der Waals surface area contributed by atoms with Crippen LogP contribution < -0.4 is 4.90 Å². The molecule has 0 fully saturated rings. The van der Waals surface area contributed by atoms with E-state index in [0.29, 0.717) is 17.8 Å². The van der Waals surface area contributed by atoms with E-state index in [2.05, 4.69) is 21.8 Å². The molecule has 3 aromatic rings. The number of H-pyrrole nitrogens is 1. The number of hydrogen-bond acceptors (Lipinski definition) is 4. The van der Waals surface area contributed by atoms with Crippen LogP contribution in [-0.2, 0) is 4.74 Å². The van der Waals surface area contributed by atoms with Gasteiger partial charge < -0.3 is 19.7 Å². The number of rotatable bonds is 7. The van der Waals surface area contributed by atoms with Crippen molar-refractivity contribution in [1.29, 1.82) is 0 Å². The second kappa shape index (κ2) is 8.01. The Hall–Kier alpha value is -2.86. The number of methoxy groups -OCH3 is 1. The molecule has 0 aliphatic heterocycles. The molecule has 0 aliphatic rings. The smallest absolute Gasteiger partial charge is 0.198 e. The molecule has 0 radical (unpaired) electrons. The van der Waals surface area contributed by atoms with Gasteiger partial charge in [0.2, 0.25) is 0 Å². The number of hydrogen-bond donors (Lipinski definition) is 2. The van der Waals surface area contributed by atoms with Crippen molar-refractivity contribution in [3.8, 4) is 5.88 Å². The number of fused-ring (bicyclic) bond motifs is 1. The summed E-state index contributed by atoms with van der Waals surface area (Å²) in [6.07, 6.45) is 2.61. The van der Waals surface area contributed by atoms with Crippen molar-refractivity contribution in [3.63, 3.8) is 0 Å². The van der Waals surface area contributed by atoms with Crippen LogP contribution in [0.15, 0.2) is 47.5 Å². The zero-order valence-electron chi connectivity index (χ0n) is 14.9. The van der Waals surface area contributed by atoms with E-state index >= 15 is 0 Å². The average Bonchev–Trinajstić information content (AvgIpc) is 2.94. The quantitative estimate of drug-likeness (QED) is 0.482. The number of nitrogens with zero attached hydrogens (tertiary/aromatic N) is 2. The van der Waals surface area contributed by atoms with E-state index in [1.807, 2.05) is 24.3 Å². The average molecular weight is 355 g/mol. The van der Waals surface area contributed by atoms with Gasteiger partial charge in [-0.1, -0.05) is 6.92 Å². The van der Waals surface area contributed by atoms with Crippen molar-refractivity contribution in [2.24, 2.45) is 4.99 Å². The van der Waals surface area contributed by atoms with Crippen LogP contribution in [0.1, 0.15) is 18.9 Å². The number of nitrogens with one attached hydrogen (secondary N) is 1. The summed E-state index contributed by atoms with van der Waals surface area (Å²) in [6.45, 7) is 3.58. The lowest BCUT2D eigenvalue weighted by Gasteiger charge is -2.23. The van der Waals surface area contributed by atoms with Gasteiger partial charge in [-0.15, -0.1) is 0 Å². The highest BCUT2D eigenvalue weighted by Crippen LogP contribution is 2.27. The third-order valence-corrected chi connectivity index (χ3v) is 4.12. The fraction of sp³-hybridized carbons (Fsp3) is 0.250. The van der Waals surface area contributed by atoms with Gasteiger partial charge in [0.15, 0.2) is 5.88 Å². The predicted molar refractivity (Wildman–Crippen MR) is 103 cm³/mol. The van der Waals surface area contributed by atoms with E-state index in [9.17, 15) is 9.50 Å². The van der Waals surface area contributed by atoms with E-state index in [4.69, 9.17) is 4.74 Å². The number of aromatic amines is 1. The first-order valence-electron chi connectivity index (χ1n) is 8.50. The molecule has 0 saturated heterocycles. The van der Waals surface area contributed by atoms with Gasteiger partial charge >= 0.3 is 0 Å². The third kappa shape index (κ3) is 3.86. The van der Waals surface area contributed by atoms with Gasteiger partial charge in [-0.2, -0.15) is 0 Å². The molecule has 2 N–H and O–H groups in total. The van der Waals surface area contributed by atoms with Crippen molar-refractivity contribution in [3.05, 3.63) is 53.8 Å². The summed E-state index contributed by atoms with van der Waals surface area (Å²) < 4.78 is 18.5. The Bertz CT molecular complexity index is 897. The molecule has 1 heterocycles. The molecule has 0 bridgehead atoms. The number of aromatic hydroxyl groups is 1. The molecule has 0 spiro atoms. The molecule has 0 saturated carbocycles. The SMILES string of the molecule is CCCN(COC)c1ccc(N=Cc2c(O)[nH]c3cc(F)ccc23)cc1. The summed E-state index contributed by atoms with van der Waals surface area (Å²) in [5.74, 6) is -0.384. The maximum absolute atomic E-state index is 13.3. The molecule has 0 amide bonds. The first-order chi connectivity index (χ1) is 12.6.